The highest BCUT2D eigenvalue weighted by molar-refractivity contribution is 5.86. The molecule has 1 heterocycles. The van der Waals surface area contributed by atoms with Crippen LogP contribution in [0.15, 0.2) is 0 Å². The van der Waals surface area contributed by atoms with Crippen LogP contribution in [-0.4, -0.2) is 80.0 Å². The van der Waals surface area contributed by atoms with Gasteiger partial charge >= 0.3 is 6.03 Å². The summed E-state index contributed by atoms with van der Waals surface area (Å²) in [5.41, 5.74) is 0. The quantitative estimate of drug-likeness (QED) is 0.705. The van der Waals surface area contributed by atoms with Crippen LogP contribution in [0.25, 0.3) is 0 Å². The number of likely N-dealkylation sites (N-methyl/N-ethyl adjacent to an activating group) is 1. The molecule has 0 aliphatic carbocycles. The summed E-state index contributed by atoms with van der Waals surface area (Å²) in [5, 5.41) is 3.20. The van der Waals surface area contributed by atoms with E-state index >= 15 is 0 Å². The molecule has 1 aliphatic rings. The maximum absolute atomic E-state index is 12.2. The van der Waals surface area contributed by atoms with Crippen LogP contribution in [-0.2, 0) is 4.79 Å². The van der Waals surface area contributed by atoms with E-state index in [4.69, 9.17) is 0 Å². The van der Waals surface area contributed by atoms with Crippen LogP contribution < -0.4 is 5.32 Å². The second-order valence-corrected chi connectivity index (χ2v) is 4.54. The number of carbonyl (C=O) groups is 2. The van der Waals surface area contributed by atoms with Crippen molar-refractivity contribution in [3.05, 3.63) is 0 Å². The van der Waals surface area contributed by atoms with Gasteiger partial charge < -0.3 is 20.0 Å². The molecule has 6 heteroatoms. The van der Waals surface area contributed by atoms with Crippen LogP contribution in [0.2, 0.25) is 0 Å². The fourth-order valence-corrected chi connectivity index (χ4v) is 1.80. The van der Waals surface area contributed by atoms with Crippen LogP contribution in [0.5, 0.6) is 0 Å². The molecule has 17 heavy (non-hydrogen) atoms. The molecular weight excluding hydrogens is 220 g/mol. The zero-order chi connectivity index (χ0) is 13.0. The highest BCUT2D eigenvalue weighted by Crippen LogP contribution is 2.05. The van der Waals surface area contributed by atoms with Crippen LogP contribution in [0.3, 0.4) is 0 Å². The molecule has 0 aromatic heterocycles. The third-order valence-corrected chi connectivity index (χ3v) is 3.05. The number of piperazine rings is 1. The van der Waals surface area contributed by atoms with Gasteiger partial charge in [0, 0.05) is 47.3 Å². The molecule has 1 saturated heterocycles. The Bertz CT molecular complexity index is 287. The van der Waals surface area contributed by atoms with E-state index in [1.54, 1.807) is 33.0 Å². The highest BCUT2D eigenvalue weighted by atomic mass is 16.2. The summed E-state index contributed by atoms with van der Waals surface area (Å²) in [6.45, 7) is 4.85. The number of carbonyl (C=O) groups excluding carboxylic acids is 2. The third kappa shape index (κ3) is 3.33. The summed E-state index contributed by atoms with van der Waals surface area (Å²) in [7, 11) is 5.02. The van der Waals surface area contributed by atoms with Crippen molar-refractivity contribution in [2.75, 3.05) is 47.3 Å². The summed E-state index contributed by atoms with van der Waals surface area (Å²) in [4.78, 5) is 28.6. The molecule has 1 atom stereocenters. The normalized spacial score (nSPS) is 17.5. The molecule has 0 aromatic rings. The minimum atomic E-state index is -0.414. The lowest BCUT2D eigenvalue weighted by atomic mass is 10.2. The summed E-state index contributed by atoms with van der Waals surface area (Å²) < 4.78 is 0. The molecule has 1 N–H and O–H groups in total. The Morgan fingerprint density at radius 3 is 2.18 bits per heavy atom. The number of rotatable bonds is 2. The summed E-state index contributed by atoms with van der Waals surface area (Å²) in [6, 6.07) is -0.566. The van der Waals surface area contributed by atoms with E-state index in [0.29, 0.717) is 13.1 Å². The van der Waals surface area contributed by atoms with Crippen molar-refractivity contribution < 1.29 is 9.59 Å². The van der Waals surface area contributed by atoms with Crippen molar-refractivity contribution in [1.82, 2.24) is 20.0 Å². The molecule has 1 unspecified atom stereocenters. The lowest BCUT2D eigenvalue weighted by molar-refractivity contribution is -0.135. The smallest absolute Gasteiger partial charge is 0.319 e. The SMILES string of the molecule is CC(C(=O)N1CCNCC1)N(C)C(=O)N(C)C. The van der Waals surface area contributed by atoms with Crippen LogP contribution in [0, 0.1) is 0 Å². The first-order chi connectivity index (χ1) is 7.95. The van der Waals surface area contributed by atoms with Gasteiger partial charge in [-0.2, -0.15) is 0 Å². The van der Waals surface area contributed by atoms with E-state index in [0.717, 1.165) is 13.1 Å². The van der Waals surface area contributed by atoms with Crippen molar-refractivity contribution in [1.29, 1.82) is 0 Å². The van der Waals surface area contributed by atoms with Gasteiger partial charge in [-0.05, 0) is 6.92 Å². The third-order valence-electron chi connectivity index (χ3n) is 3.05. The van der Waals surface area contributed by atoms with E-state index in [1.165, 1.54) is 9.80 Å². The Labute approximate surface area is 103 Å². The number of hydrogen-bond donors (Lipinski definition) is 1. The topological polar surface area (TPSA) is 55.9 Å². The fourth-order valence-electron chi connectivity index (χ4n) is 1.80. The first kappa shape index (κ1) is 13.8. The highest BCUT2D eigenvalue weighted by Gasteiger charge is 2.28. The predicted molar refractivity (Wildman–Crippen MR) is 65.8 cm³/mol. The van der Waals surface area contributed by atoms with Gasteiger partial charge in [0.1, 0.15) is 6.04 Å². The van der Waals surface area contributed by atoms with Crippen molar-refractivity contribution in [3.8, 4) is 0 Å². The van der Waals surface area contributed by atoms with Crippen molar-refractivity contribution >= 4 is 11.9 Å². The summed E-state index contributed by atoms with van der Waals surface area (Å²) >= 11 is 0. The van der Waals surface area contributed by atoms with Crippen LogP contribution >= 0.6 is 0 Å². The molecule has 98 valence electrons. The van der Waals surface area contributed by atoms with Crippen molar-refractivity contribution in [3.63, 3.8) is 0 Å². The molecule has 0 aromatic carbocycles. The van der Waals surface area contributed by atoms with E-state index in [2.05, 4.69) is 5.32 Å². The Kier molecular flexibility index (Phi) is 4.74. The molecule has 0 bridgehead atoms. The maximum atomic E-state index is 12.2. The van der Waals surface area contributed by atoms with Crippen molar-refractivity contribution in [2.45, 2.75) is 13.0 Å². The van der Waals surface area contributed by atoms with E-state index in [9.17, 15) is 9.59 Å². The monoisotopic (exact) mass is 242 g/mol. The first-order valence-electron chi connectivity index (χ1n) is 5.88. The lowest BCUT2D eigenvalue weighted by Gasteiger charge is -2.33. The number of amides is 3. The minimum Gasteiger partial charge on any atom is -0.338 e. The average molecular weight is 242 g/mol. The average Bonchev–Trinajstić information content (AvgIpc) is 2.36. The number of nitrogens with zero attached hydrogens (tertiary/aromatic N) is 3. The van der Waals surface area contributed by atoms with Crippen molar-refractivity contribution in [2.24, 2.45) is 0 Å². The predicted octanol–water partition coefficient (Wildman–Crippen LogP) is -0.580. The molecule has 1 fully saturated rings. The van der Waals surface area contributed by atoms with Gasteiger partial charge in [0.2, 0.25) is 5.91 Å². The Morgan fingerprint density at radius 1 is 1.18 bits per heavy atom. The molecule has 1 rings (SSSR count). The Morgan fingerprint density at radius 2 is 1.71 bits per heavy atom. The van der Waals surface area contributed by atoms with Crippen LogP contribution in [0.1, 0.15) is 6.92 Å². The molecule has 0 saturated carbocycles. The van der Waals surface area contributed by atoms with Gasteiger partial charge in [0.15, 0.2) is 0 Å². The summed E-state index contributed by atoms with van der Waals surface area (Å²) in [6.07, 6.45) is 0. The van der Waals surface area contributed by atoms with Gasteiger partial charge in [0.25, 0.3) is 0 Å². The first-order valence-corrected chi connectivity index (χ1v) is 5.88. The zero-order valence-electron chi connectivity index (χ0n) is 11.1. The number of nitrogens with one attached hydrogen (secondary N) is 1. The van der Waals surface area contributed by atoms with Gasteiger partial charge in [-0.3, -0.25) is 4.79 Å². The van der Waals surface area contributed by atoms with E-state index in [-0.39, 0.29) is 11.9 Å². The van der Waals surface area contributed by atoms with Gasteiger partial charge in [-0.25, -0.2) is 4.79 Å². The number of urea groups is 1. The van der Waals surface area contributed by atoms with Gasteiger partial charge in [0.05, 0.1) is 0 Å². The molecule has 0 radical (unpaired) electrons. The standard InChI is InChI=1S/C11H22N4O2/c1-9(14(4)11(17)13(2)3)10(16)15-7-5-12-6-8-15/h9,12H,5-8H2,1-4H3. The molecule has 0 spiro atoms. The minimum absolute atomic E-state index is 0.0178. The number of hydrogen-bond acceptors (Lipinski definition) is 3. The zero-order valence-corrected chi connectivity index (χ0v) is 11.1. The molecule has 6 nitrogen and oxygen atoms in total. The Hall–Kier alpha value is -1.30. The largest absolute Gasteiger partial charge is 0.338 e. The fraction of sp³-hybridized carbons (Fsp3) is 0.818. The molecular formula is C11H22N4O2. The molecule has 1 aliphatic heterocycles. The Balaban J connectivity index is 2.58. The molecule has 3 amide bonds. The maximum Gasteiger partial charge on any atom is 0.319 e. The summed E-state index contributed by atoms with van der Waals surface area (Å²) in [5.74, 6) is 0.0178. The second kappa shape index (κ2) is 5.86. The van der Waals surface area contributed by atoms with Gasteiger partial charge in [-0.15, -0.1) is 0 Å². The second-order valence-electron chi connectivity index (χ2n) is 4.54. The lowest BCUT2D eigenvalue weighted by Crippen LogP contribution is -2.54. The van der Waals surface area contributed by atoms with E-state index in [1.807, 2.05) is 0 Å². The van der Waals surface area contributed by atoms with E-state index < -0.39 is 6.04 Å². The van der Waals surface area contributed by atoms with Gasteiger partial charge in [-0.1, -0.05) is 0 Å². The van der Waals surface area contributed by atoms with Crippen LogP contribution in [0.4, 0.5) is 4.79 Å².